The summed E-state index contributed by atoms with van der Waals surface area (Å²) in [6.45, 7) is 2.22. The molecule has 0 aliphatic heterocycles. The molecule has 2 atom stereocenters. The van der Waals surface area contributed by atoms with Gasteiger partial charge < -0.3 is 25.3 Å². The van der Waals surface area contributed by atoms with Crippen molar-refractivity contribution in [1.29, 1.82) is 0 Å². The lowest BCUT2D eigenvalue weighted by molar-refractivity contribution is 0.222. The third kappa shape index (κ3) is 4.93. The van der Waals surface area contributed by atoms with Gasteiger partial charge in [-0.1, -0.05) is 97.9 Å². The second-order valence-corrected chi connectivity index (χ2v) is 11.2. The lowest BCUT2D eigenvalue weighted by Crippen LogP contribution is -1.98. The van der Waals surface area contributed by atoms with Crippen LogP contribution >= 0.6 is 0 Å². The fourth-order valence-corrected chi connectivity index (χ4v) is 6.14. The molecule has 0 saturated carbocycles. The smallest absolute Gasteiger partial charge is 0.123 e. The highest BCUT2D eigenvalue weighted by atomic mass is 16.3. The lowest BCUT2D eigenvalue weighted by atomic mass is 9.91. The van der Waals surface area contributed by atoms with Gasteiger partial charge in [0.1, 0.15) is 17.6 Å². The van der Waals surface area contributed by atoms with Crippen LogP contribution in [0.5, 0.6) is 11.5 Å². The fourth-order valence-electron chi connectivity index (χ4n) is 6.14. The Hall–Kier alpha value is -5.52. The van der Waals surface area contributed by atoms with E-state index >= 15 is 0 Å². The largest absolute Gasteiger partial charge is 0.507 e. The quantitative estimate of drug-likeness (QED) is 0.145. The molecule has 2 unspecified atom stereocenters. The van der Waals surface area contributed by atoms with Gasteiger partial charge in [-0.2, -0.15) is 0 Å². The first-order valence-electron chi connectivity index (χ1n) is 14.7. The summed E-state index contributed by atoms with van der Waals surface area (Å²) in [5, 5.41) is 36.5. The molecule has 44 heavy (non-hydrogen) atoms. The number of nitrogens with one attached hydrogen (secondary N) is 2. The maximum atomic E-state index is 10.7. The fraction of sp³-hybridized carbons (Fsp3) is 0.0769. The Bertz CT molecular complexity index is 2100. The van der Waals surface area contributed by atoms with Crippen LogP contribution < -0.4 is 0 Å². The predicted molar refractivity (Wildman–Crippen MR) is 179 cm³/mol. The van der Waals surface area contributed by atoms with Crippen molar-refractivity contribution in [2.24, 2.45) is 0 Å². The molecule has 8 rings (SSSR count). The number of aliphatic hydroxyl groups excluding tert-OH is 1. The first kappa shape index (κ1) is 27.3. The van der Waals surface area contributed by atoms with Gasteiger partial charge in [0.25, 0.3) is 0 Å². The number of fused-ring (bicyclic) bond motifs is 4. The highest BCUT2D eigenvalue weighted by Crippen LogP contribution is 2.34. The Morgan fingerprint density at radius 3 is 1.61 bits per heavy atom. The molecule has 0 bridgehead atoms. The van der Waals surface area contributed by atoms with Crippen molar-refractivity contribution in [3.63, 3.8) is 0 Å². The first-order valence-corrected chi connectivity index (χ1v) is 14.7. The van der Waals surface area contributed by atoms with Gasteiger partial charge in [0.2, 0.25) is 0 Å². The monoisotopic (exact) mass is 576 g/mol. The summed E-state index contributed by atoms with van der Waals surface area (Å²) in [5.41, 5.74) is 6.40. The molecular weight excluding hydrogens is 544 g/mol. The molecule has 0 amide bonds. The van der Waals surface area contributed by atoms with E-state index < -0.39 is 6.10 Å². The SMILES string of the molecule is CC(c1ccc2c(O)cccc2c1)c1c[nH]c2ccccc12.Oc1cccc2cc(C(O)c3c[nH]c4ccccc34)ccc12. The number of benzene rings is 6. The molecule has 0 saturated heterocycles. The summed E-state index contributed by atoms with van der Waals surface area (Å²) in [5.74, 6) is 0.886. The average Bonchev–Trinajstić information content (AvgIpc) is 3.69. The molecule has 2 aromatic heterocycles. The van der Waals surface area contributed by atoms with E-state index in [0.717, 1.165) is 43.6 Å². The van der Waals surface area contributed by atoms with Crippen molar-refractivity contribution < 1.29 is 15.3 Å². The number of H-pyrrole nitrogens is 2. The average molecular weight is 577 g/mol. The Kier molecular flexibility index (Phi) is 7.01. The van der Waals surface area contributed by atoms with Crippen LogP contribution in [0.4, 0.5) is 0 Å². The van der Waals surface area contributed by atoms with Crippen molar-refractivity contribution in [2.45, 2.75) is 18.9 Å². The summed E-state index contributed by atoms with van der Waals surface area (Å²) >= 11 is 0. The Morgan fingerprint density at radius 1 is 0.500 bits per heavy atom. The second kappa shape index (κ2) is 11.3. The van der Waals surface area contributed by atoms with E-state index in [4.69, 9.17) is 0 Å². The Balaban J connectivity index is 0.000000142. The van der Waals surface area contributed by atoms with E-state index in [1.165, 1.54) is 22.0 Å². The number of phenolic OH excluding ortho intramolecular Hbond substituents is 2. The van der Waals surface area contributed by atoms with Gasteiger partial charge in [-0.15, -0.1) is 0 Å². The van der Waals surface area contributed by atoms with Crippen LogP contribution in [0.2, 0.25) is 0 Å². The minimum atomic E-state index is -0.706. The highest BCUT2D eigenvalue weighted by molar-refractivity contribution is 5.90. The van der Waals surface area contributed by atoms with Crippen LogP contribution in [-0.2, 0) is 0 Å². The molecule has 6 aromatic carbocycles. The number of hydrogen-bond acceptors (Lipinski definition) is 3. The van der Waals surface area contributed by atoms with E-state index in [1.54, 1.807) is 18.2 Å². The zero-order valence-corrected chi connectivity index (χ0v) is 24.2. The van der Waals surface area contributed by atoms with Gasteiger partial charge in [0, 0.05) is 56.5 Å². The van der Waals surface area contributed by atoms with Crippen LogP contribution in [0.25, 0.3) is 43.4 Å². The molecular formula is C39H32N2O3. The number of aromatic hydroxyl groups is 2. The van der Waals surface area contributed by atoms with Crippen molar-refractivity contribution >= 4 is 43.4 Å². The molecule has 216 valence electrons. The van der Waals surface area contributed by atoms with Gasteiger partial charge in [-0.25, -0.2) is 0 Å². The second-order valence-electron chi connectivity index (χ2n) is 11.2. The number of hydrogen-bond donors (Lipinski definition) is 5. The number of para-hydroxylation sites is 2. The van der Waals surface area contributed by atoms with Crippen molar-refractivity contribution in [3.05, 3.63) is 156 Å². The third-order valence-electron chi connectivity index (χ3n) is 8.58. The normalized spacial score (nSPS) is 12.8. The van der Waals surface area contributed by atoms with Crippen molar-refractivity contribution in [3.8, 4) is 11.5 Å². The Labute approximate surface area is 254 Å². The number of aliphatic hydroxyl groups is 1. The van der Waals surface area contributed by atoms with Gasteiger partial charge in [-0.05, 0) is 57.8 Å². The molecule has 5 N–H and O–H groups in total. The van der Waals surface area contributed by atoms with E-state index in [0.29, 0.717) is 11.7 Å². The van der Waals surface area contributed by atoms with Crippen LogP contribution in [-0.4, -0.2) is 25.3 Å². The standard InChI is InChI=1S/C20H17NO.C19H15NO2/c1-13(18-12-21-19-7-3-2-6-17(18)19)14-9-10-16-15(11-14)5-4-8-20(16)22;21-18-7-3-4-12-10-13(8-9-14(12)18)19(22)16-11-20-17-6-2-1-5-15(16)17/h2-13,21-22H,1H3;1-11,19-22H. The van der Waals surface area contributed by atoms with Crippen molar-refractivity contribution in [2.75, 3.05) is 0 Å². The minimum Gasteiger partial charge on any atom is -0.507 e. The lowest BCUT2D eigenvalue weighted by Gasteiger charge is -2.13. The van der Waals surface area contributed by atoms with Crippen LogP contribution in [0, 0.1) is 0 Å². The summed E-state index contributed by atoms with van der Waals surface area (Å²) in [6, 6.07) is 39.3. The molecule has 0 fully saturated rings. The zero-order chi connectivity index (χ0) is 30.2. The molecule has 0 aliphatic carbocycles. The molecule has 8 aromatic rings. The van der Waals surface area contributed by atoms with E-state index in [2.05, 4.69) is 53.4 Å². The highest BCUT2D eigenvalue weighted by Gasteiger charge is 2.16. The molecule has 5 heteroatoms. The number of aromatic amines is 2. The Morgan fingerprint density at radius 2 is 1.00 bits per heavy atom. The summed E-state index contributed by atoms with van der Waals surface area (Å²) in [6.07, 6.45) is 3.24. The molecule has 0 aliphatic rings. The van der Waals surface area contributed by atoms with Crippen LogP contribution in [0.15, 0.2) is 134 Å². The number of aromatic nitrogens is 2. The first-order chi connectivity index (χ1) is 21.5. The predicted octanol–water partition coefficient (Wildman–Crippen LogP) is 9.29. The van der Waals surface area contributed by atoms with E-state index in [9.17, 15) is 15.3 Å². The summed E-state index contributed by atoms with van der Waals surface area (Å²) in [7, 11) is 0. The van der Waals surface area contributed by atoms with Gasteiger partial charge in [-0.3, -0.25) is 0 Å². The summed E-state index contributed by atoms with van der Waals surface area (Å²) < 4.78 is 0. The van der Waals surface area contributed by atoms with E-state index in [-0.39, 0.29) is 5.75 Å². The topological polar surface area (TPSA) is 92.3 Å². The molecule has 2 heterocycles. The van der Waals surface area contributed by atoms with Gasteiger partial charge >= 0.3 is 0 Å². The molecule has 5 nitrogen and oxygen atoms in total. The zero-order valence-electron chi connectivity index (χ0n) is 24.2. The maximum Gasteiger partial charge on any atom is 0.123 e. The van der Waals surface area contributed by atoms with Crippen molar-refractivity contribution in [1.82, 2.24) is 9.97 Å². The number of rotatable bonds is 4. The third-order valence-corrected chi connectivity index (χ3v) is 8.58. The van der Waals surface area contributed by atoms with E-state index in [1.807, 2.05) is 79.0 Å². The minimum absolute atomic E-state index is 0.255. The number of phenols is 2. The molecule has 0 radical (unpaired) electrons. The summed E-state index contributed by atoms with van der Waals surface area (Å²) in [4.78, 5) is 6.53. The van der Waals surface area contributed by atoms with Gasteiger partial charge in [0.05, 0.1) is 0 Å². The molecule has 0 spiro atoms. The van der Waals surface area contributed by atoms with Crippen LogP contribution in [0.3, 0.4) is 0 Å². The van der Waals surface area contributed by atoms with Crippen LogP contribution in [0.1, 0.15) is 41.2 Å². The maximum absolute atomic E-state index is 10.7. The van der Waals surface area contributed by atoms with Gasteiger partial charge in [0.15, 0.2) is 0 Å².